The van der Waals surface area contributed by atoms with Crippen molar-refractivity contribution in [1.82, 2.24) is 0 Å². The lowest BCUT2D eigenvalue weighted by Crippen LogP contribution is -2.37. The van der Waals surface area contributed by atoms with E-state index in [4.69, 9.17) is 33.2 Å². The Bertz CT molecular complexity index is 821. The minimum absolute atomic E-state index is 0.396. The fourth-order valence-electron chi connectivity index (χ4n) is 3.56. The summed E-state index contributed by atoms with van der Waals surface area (Å²) in [6.07, 6.45) is -1.23. The molecule has 152 valence electrons. The fraction of sp³-hybridized carbons (Fsp3) is 0.429. The van der Waals surface area contributed by atoms with Gasteiger partial charge < -0.3 is 33.2 Å². The van der Waals surface area contributed by atoms with Crippen LogP contribution in [0.1, 0.15) is 23.3 Å². The second kappa shape index (κ2) is 8.58. The first-order valence-electron chi connectivity index (χ1n) is 8.81. The van der Waals surface area contributed by atoms with Crippen LogP contribution in [-0.4, -0.2) is 48.8 Å². The molecule has 3 atom stereocenters. The number of hydrogen-bond acceptors (Lipinski definition) is 7. The zero-order chi connectivity index (χ0) is 20.3. The summed E-state index contributed by atoms with van der Waals surface area (Å²) in [5.74, 6) is 3.13. The highest BCUT2D eigenvalue weighted by atomic mass is 16.6. The van der Waals surface area contributed by atoms with Crippen LogP contribution in [0.3, 0.4) is 0 Å². The van der Waals surface area contributed by atoms with Gasteiger partial charge in [-0.1, -0.05) is 6.07 Å². The molecule has 0 N–H and O–H groups in total. The van der Waals surface area contributed by atoms with E-state index in [1.54, 1.807) is 48.7 Å². The van der Waals surface area contributed by atoms with Crippen molar-refractivity contribution < 1.29 is 33.2 Å². The van der Waals surface area contributed by atoms with Gasteiger partial charge in [0.25, 0.3) is 0 Å². The molecular weight excluding hydrogens is 364 g/mol. The topological polar surface area (TPSA) is 64.6 Å². The maximum atomic E-state index is 6.35. The lowest BCUT2D eigenvalue weighted by molar-refractivity contribution is -0.107. The molecule has 0 bridgehead atoms. The number of methoxy groups -OCH3 is 6. The van der Waals surface area contributed by atoms with E-state index in [9.17, 15) is 0 Å². The van der Waals surface area contributed by atoms with Crippen LogP contribution < -0.4 is 23.7 Å². The van der Waals surface area contributed by atoms with Crippen LogP contribution in [0, 0.1) is 0 Å². The van der Waals surface area contributed by atoms with Crippen LogP contribution in [0.4, 0.5) is 0 Å². The Balaban J connectivity index is 2.12. The molecule has 1 aliphatic heterocycles. The first-order chi connectivity index (χ1) is 13.6. The number of hydrogen-bond donors (Lipinski definition) is 0. The van der Waals surface area contributed by atoms with E-state index in [0.29, 0.717) is 28.7 Å². The predicted molar refractivity (Wildman–Crippen MR) is 103 cm³/mol. The molecule has 1 heterocycles. The zero-order valence-electron chi connectivity index (χ0n) is 17.0. The van der Waals surface area contributed by atoms with E-state index in [0.717, 1.165) is 11.1 Å². The fourth-order valence-corrected chi connectivity index (χ4v) is 3.56. The summed E-state index contributed by atoms with van der Waals surface area (Å²) in [4.78, 5) is 0. The van der Waals surface area contributed by atoms with Crippen LogP contribution >= 0.6 is 0 Å². The third kappa shape index (κ3) is 3.43. The van der Waals surface area contributed by atoms with Crippen molar-refractivity contribution >= 4 is 0 Å². The third-order valence-corrected chi connectivity index (χ3v) is 4.93. The molecule has 0 radical (unpaired) electrons. The van der Waals surface area contributed by atoms with Crippen LogP contribution in [0.5, 0.6) is 28.7 Å². The van der Waals surface area contributed by atoms with E-state index >= 15 is 0 Å². The zero-order valence-corrected chi connectivity index (χ0v) is 17.0. The van der Waals surface area contributed by atoms with Crippen molar-refractivity contribution in [2.75, 3.05) is 42.7 Å². The van der Waals surface area contributed by atoms with E-state index in [2.05, 4.69) is 0 Å². The van der Waals surface area contributed by atoms with Crippen LogP contribution in [-0.2, 0) is 9.47 Å². The molecule has 0 saturated heterocycles. The molecule has 0 aliphatic carbocycles. The first-order valence-corrected chi connectivity index (χ1v) is 8.81. The van der Waals surface area contributed by atoms with Gasteiger partial charge in [0, 0.05) is 26.4 Å². The molecule has 3 rings (SSSR count). The summed E-state index contributed by atoms with van der Waals surface area (Å²) in [6.45, 7) is 0. The highest BCUT2D eigenvalue weighted by Crippen LogP contribution is 2.50. The standard InChI is InChI=1S/C21H26O7/c1-22-13-10-16(25-4)18-17(11-13)28-19(21(27-6)20(18)26-5)12-7-8-14(23-2)15(9-12)24-3/h7-11,19-21H,1-6H3. The average molecular weight is 390 g/mol. The maximum Gasteiger partial charge on any atom is 0.161 e. The number of fused-ring (bicyclic) bond motifs is 1. The summed E-state index contributed by atoms with van der Waals surface area (Å²) < 4.78 is 39.7. The summed E-state index contributed by atoms with van der Waals surface area (Å²) in [7, 11) is 9.67. The van der Waals surface area contributed by atoms with Crippen molar-refractivity contribution in [3.63, 3.8) is 0 Å². The highest BCUT2D eigenvalue weighted by Gasteiger charge is 2.42. The monoisotopic (exact) mass is 390 g/mol. The van der Waals surface area contributed by atoms with Crippen molar-refractivity contribution in [1.29, 1.82) is 0 Å². The van der Waals surface area contributed by atoms with E-state index < -0.39 is 18.3 Å². The molecule has 1 aliphatic rings. The maximum absolute atomic E-state index is 6.35. The Morgan fingerprint density at radius 1 is 0.714 bits per heavy atom. The lowest BCUT2D eigenvalue weighted by Gasteiger charge is -2.39. The summed E-state index contributed by atoms with van der Waals surface area (Å²) in [5.41, 5.74) is 1.66. The van der Waals surface area contributed by atoms with Gasteiger partial charge in [-0.05, 0) is 17.7 Å². The van der Waals surface area contributed by atoms with Gasteiger partial charge in [0.05, 0.1) is 34.0 Å². The summed E-state index contributed by atoms with van der Waals surface area (Å²) >= 11 is 0. The van der Waals surface area contributed by atoms with Crippen molar-refractivity contribution in [3.8, 4) is 28.7 Å². The number of ether oxygens (including phenoxy) is 7. The van der Waals surface area contributed by atoms with Gasteiger partial charge in [0.15, 0.2) is 17.6 Å². The summed E-state index contributed by atoms with van der Waals surface area (Å²) in [5, 5.41) is 0. The Kier molecular flexibility index (Phi) is 6.16. The van der Waals surface area contributed by atoms with Crippen molar-refractivity contribution in [3.05, 3.63) is 41.5 Å². The van der Waals surface area contributed by atoms with Crippen molar-refractivity contribution in [2.24, 2.45) is 0 Å². The molecule has 7 nitrogen and oxygen atoms in total. The average Bonchev–Trinajstić information content (AvgIpc) is 2.75. The molecular formula is C21H26O7. The molecule has 0 aromatic heterocycles. The first kappa shape index (κ1) is 20.1. The second-order valence-corrected chi connectivity index (χ2v) is 6.25. The van der Waals surface area contributed by atoms with Crippen LogP contribution in [0.15, 0.2) is 30.3 Å². The molecule has 3 unspecified atom stereocenters. The minimum Gasteiger partial charge on any atom is -0.496 e. The minimum atomic E-state index is -0.431. The molecule has 7 heteroatoms. The molecule has 28 heavy (non-hydrogen) atoms. The van der Waals surface area contributed by atoms with Gasteiger partial charge in [-0.2, -0.15) is 0 Å². The van der Waals surface area contributed by atoms with Gasteiger partial charge in [-0.25, -0.2) is 0 Å². The molecule has 0 fully saturated rings. The third-order valence-electron chi connectivity index (χ3n) is 4.93. The van der Waals surface area contributed by atoms with E-state index in [-0.39, 0.29) is 0 Å². The normalized spacial score (nSPS) is 20.7. The Labute approximate surface area is 165 Å². The Morgan fingerprint density at radius 3 is 2.00 bits per heavy atom. The van der Waals surface area contributed by atoms with Crippen molar-refractivity contribution in [2.45, 2.75) is 18.3 Å². The Hall–Kier alpha value is -2.64. The SMILES string of the molecule is COc1cc(OC)c2c(c1)OC(c1ccc(OC)c(OC)c1)C(OC)C2OC. The Morgan fingerprint density at radius 2 is 1.43 bits per heavy atom. The molecule has 2 aromatic rings. The largest absolute Gasteiger partial charge is 0.496 e. The lowest BCUT2D eigenvalue weighted by atomic mass is 9.91. The highest BCUT2D eigenvalue weighted by molar-refractivity contribution is 5.54. The quantitative estimate of drug-likeness (QED) is 0.716. The van der Waals surface area contributed by atoms with Gasteiger partial charge >= 0.3 is 0 Å². The number of benzene rings is 2. The van der Waals surface area contributed by atoms with Crippen LogP contribution in [0.25, 0.3) is 0 Å². The number of rotatable bonds is 7. The van der Waals surface area contributed by atoms with Crippen LogP contribution in [0.2, 0.25) is 0 Å². The molecule has 0 amide bonds. The van der Waals surface area contributed by atoms with E-state index in [1.165, 1.54) is 0 Å². The van der Waals surface area contributed by atoms with Gasteiger partial charge in [-0.3, -0.25) is 0 Å². The van der Waals surface area contributed by atoms with Gasteiger partial charge in [0.2, 0.25) is 0 Å². The molecule has 2 aromatic carbocycles. The smallest absolute Gasteiger partial charge is 0.161 e. The van der Waals surface area contributed by atoms with Gasteiger partial charge in [-0.15, -0.1) is 0 Å². The van der Waals surface area contributed by atoms with E-state index in [1.807, 2.05) is 24.3 Å². The predicted octanol–water partition coefficient (Wildman–Crippen LogP) is 3.56. The summed E-state index contributed by atoms with van der Waals surface area (Å²) in [6, 6.07) is 9.27. The second-order valence-electron chi connectivity index (χ2n) is 6.25. The molecule has 0 saturated carbocycles. The van der Waals surface area contributed by atoms with Gasteiger partial charge in [0.1, 0.15) is 29.5 Å². The molecule has 0 spiro atoms.